The summed E-state index contributed by atoms with van der Waals surface area (Å²) in [4.78, 5) is 25.2. The second-order valence-corrected chi connectivity index (χ2v) is 6.03. The number of amides is 1. The van der Waals surface area contributed by atoms with E-state index in [9.17, 15) is 9.59 Å². The quantitative estimate of drug-likeness (QED) is 0.806. The van der Waals surface area contributed by atoms with Gasteiger partial charge in [-0.05, 0) is 18.8 Å². The molecular formula is C15H27NO3. The summed E-state index contributed by atoms with van der Waals surface area (Å²) in [5.41, 5.74) is -0.450. The Kier molecular flexibility index (Phi) is 5.83. The van der Waals surface area contributed by atoms with Crippen LogP contribution in [0.4, 0.5) is 0 Å². The fourth-order valence-electron chi connectivity index (χ4n) is 2.97. The molecule has 0 aromatic rings. The summed E-state index contributed by atoms with van der Waals surface area (Å²) in [5.74, 6) is -0.344. The van der Waals surface area contributed by atoms with E-state index in [0.29, 0.717) is 12.3 Å². The molecule has 0 aromatic heterocycles. The van der Waals surface area contributed by atoms with Crippen molar-refractivity contribution in [2.24, 2.45) is 5.92 Å². The molecule has 0 aliphatic heterocycles. The van der Waals surface area contributed by atoms with Gasteiger partial charge in [0.2, 0.25) is 5.91 Å². The maximum absolute atomic E-state index is 12.3. The second-order valence-electron chi connectivity index (χ2n) is 6.03. The average molecular weight is 269 g/mol. The zero-order valence-corrected chi connectivity index (χ0v) is 12.4. The number of hydrogen-bond acceptors (Lipinski definition) is 2. The Labute approximate surface area is 116 Å². The standard InChI is InChI=1S/C15H27NO3/c1-4-12(2)10-13(17)16(3)15(11-14(18)19)8-6-5-7-9-15/h12H,4-11H2,1-3H3,(H,18,19). The number of hydrogen-bond donors (Lipinski definition) is 1. The molecule has 1 fully saturated rings. The van der Waals surface area contributed by atoms with Crippen molar-refractivity contribution in [3.8, 4) is 0 Å². The van der Waals surface area contributed by atoms with Crippen molar-refractivity contribution in [2.75, 3.05) is 7.05 Å². The molecule has 1 amide bonds. The molecule has 1 unspecified atom stereocenters. The van der Waals surface area contributed by atoms with E-state index in [0.717, 1.165) is 38.5 Å². The lowest BCUT2D eigenvalue weighted by Crippen LogP contribution is -2.52. The van der Waals surface area contributed by atoms with Gasteiger partial charge in [0.15, 0.2) is 0 Å². The minimum Gasteiger partial charge on any atom is -0.481 e. The highest BCUT2D eigenvalue weighted by atomic mass is 16.4. The lowest BCUT2D eigenvalue weighted by molar-refractivity contribution is -0.146. The molecule has 19 heavy (non-hydrogen) atoms. The molecule has 1 atom stereocenters. The first kappa shape index (κ1) is 16.0. The monoisotopic (exact) mass is 269 g/mol. The van der Waals surface area contributed by atoms with E-state index in [2.05, 4.69) is 13.8 Å². The van der Waals surface area contributed by atoms with Gasteiger partial charge in [0.05, 0.1) is 12.0 Å². The van der Waals surface area contributed by atoms with Crippen LogP contribution >= 0.6 is 0 Å². The maximum atomic E-state index is 12.3. The Balaban J connectivity index is 2.78. The minimum atomic E-state index is -0.801. The molecule has 0 heterocycles. The highest BCUT2D eigenvalue weighted by Crippen LogP contribution is 2.36. The third-order valence-electron chi connectivity index (χ3n) is 4.57. The highest BCUT2D eigenvalue weighted by Gasteiger charge is 2.40. The molecule has 1 saturated carbocycles. The van der Waals surface area contributed by atoms with Gasteiger partial charge < -0.3 is 10.0 Å². The summed E-state index contributed by atoms with van der Waals surface area (Å²) >= 11 is 0. The van der Waals surface area contributed by atoms with Gasteiger partial charge >= 0.3 is 5.97 Å². The normalized spacial score (nSPS) is 19.7. The molecule has 1 N–H and O–H groups in total. The SMILES string of the molecule is CCC(C)CC(=O)N(C)C1(CC(=O)O)CCCCC1. The molecule has 1 aliphatic carbocycles. The van der Waals surface area contributed by atoms with Gasteiger partial charge in [-0.1, -0.05) is 39.5 Å². The first-order valence-electron chi connectivity index (χ1n) is 7.40. The Morgan fingerprint density at radius 2 is 1.84 bits per heavy atom. The van der Waals surface area contributed by atoms with Gasteiger partial charge in [0, 0.05) is 13.5 Å². The molecule has 0 bridgehead atoms. The van der Waals surface area contributed by atoms with Crippen molar-refractivity contribution in [3.63, 3.8) is 0 Å². The lowest BCUT2D eigenvalue weighted by Gasteiger charge is -2.44. The van der Waals surface area contributed by atoms with E-state index in [1.54, 1.807) is 11.9 Å². The molecule has 0 saturated heterocycles. The Morgan fingerprint density at radius 3 is 2.32 bits per heavy atom. The van der Waals surface area contributed by atoms with Crippen molar-refractivity contribution >= 4 is 11.9 Å². The van der Waals surface area contributed by atoms with E-state index in [-0.39, 0.29) is 12.3 Å². The minimum absolute atomic E-state index is 0.0791. The van der Waals surface area contributed by atoms with Gasteiger partial charge in [-0.15, -0.1) is 0 Å². The van der Waals surface area contributed by atoms with Crippen LogP contribution in [0.25, 0.3) is 0 Å². The van der Waals surface area contributed by atoms with Crippen LogP contribution in [-0.2, 0) is 9.59 Å². The number of rotatable bonds is 6. The van der Waals surface area contributed by atoms with Gasteiger partial charge in [-0.2, -0.15) is 0 Å². The zero-order valence-electron chi connectivity index (χ0n) is 12.4. The Bertz CT molecular complexity index is 321. The van der Waals surface area contributed by atoms with Crippen LogP contribution in [0.3, 0.4) is 0 Å². The van der Waals surface area contributed by atoms with Crippen LogP contribution < -0.4 is 0 Å². The van der Waals surface area contributed by atoms with Crippen LogP contribution in [0, 0.1) is 5.92 Å². The van der Waals surface area contributed by atoms with Crippen molar-refractivity contribution in [1.29, 1.82) is 0 Å². The first-order chi connectivity index (χ1) is 8.91. The third kappa shape index (κ3) is 4.22. The second kappa shape index (κ2) is 6.92. The smallest absolute Gasteiger partial charge is 0.305 e. The molecule has 110 valence electrons. The van der Waals surface area contributed by atoms with Crippen LogP contribution in [-0.4, -0.2) is 34.5 Å². The first-order valence-corrected chi connectivity index (χ1v) is 7.40. The van der Waals surface area contributed by atoms with Crippen molar-refractivity contribution in [1.82, 2.24) is 4.90 Å². The van der Waals surface area contributed by atoms with E-state index in [1.165, 1.54) is 0 Å². The van der Waals surface area contributed by atoms with Gasteiger partial charge in [0.1, 0.15) is 0 Å². The van der Waals surface area contributed by atoms with Crippen molar-refractivity contribution in [2.45, 2.75) is 70.8 Å². The van der Waals surface area contributed by atoms with E-state index < -0.39 is 11.5 Å². The molecule has 0 spiro atoms. The topological polar surface area (TPSA) is 57.6 Å². The summed E-state index contributed by atoms with van der Waals surface area (Å²) < 4.78 is 0. The van der Waals surface area contributed by atoms with Crippen molar-refractivity contribution in [3.05, 3.63) is 0 Å². The number of nitrogens with zero attached hydrogens (tertiary/aromatic N) is 1. The molecule has 0 aromatic carbocycles. The Hall–Kier alpha value is -1.06. The summed E-state index contributed by atoms with van der Waals surface area (Å²) in [6, 6.07) is 0. The van der Waals surface area contributed by atoms with Gasteiger partial charge in [-0.25, -0.2) is 0 Å². The zero-order chi connectivity index (χ0) is 14.5. The lowest BCUT2D eigenvalue weighted by atomic mass is 9.77. The van der Waals surface area contributed by atoms with E-state index in [4.69, 9.17) is 5.11 Å². The third-order valence-corrected chi connectivity index (χ3v) is 4.57. The fraction of sp³-hybridized carbons (Fsp3) is 0.867. The summed E-state index contributed by atoms with van der Waals surface area (Å²) in [6.07, 6.45) is 6.41. The Morgan fingerprint density at radius 1 is 1.26 bits per heavy atom. The molecule has 1 aliphatic rings. The van der Waals surface area contributed by atoms with Crippen LogP contribution in [0.2, 0.25) is 0 Å². The van der Waals surface area contributed by atoms with Gasteiger partial charge in [-0.3, -0.25) is 9.59 Å². The predicted octanol–water partition coefficient (Wildman–Crippen LogP) is 3.06. The summed E-state index contributed by atoms with van der Waals surface area (Å²) in [5, 5.41) is 9.15. The molecule has 0 radical (unpaired) electrons. The van der Waals surface area contributed by atoms with Crippen molar-refractivity contribution < 1.29 is 14.7 Å². The fourth-order valence-corrected chi connectivity index (χ4v) is 2.97. The number of carboxylic acid groups (broad SMARTS) is 1. The number of carbonyl (C=O) groups excluding carboxylic acids is 1. The van der Waals surface area contributed by atoms with E-state index in [1.807, 2.05) is 0 Å². The number of carbonyl (C=O) groups is 2. The average Bonchev–Trinajstić information content (AvgIpc) is 2.37. The maximum Gasteiger partial charge on any atom is 0.305 e. The molecule has 4 nitrogen and oxygen atoms in total. The molecule has 4 heteroatoms. The van der Waals surface area contributed by atoms with Crippen LogP contribution in [0.15, 0.2) is 0 Å². The molecule has 1 rings (SSSR count). The van der Waals surface area contributed by atoms with Crippen LogP contribution in [0.1, 0.15) is 65.2 Å². The van der Waals surface area contributed by atoms with Gasteiger partial charge in [0.25, 0.3) is 0 Å². The number of carboxylic acids is 1. The largest absolute Gasteiger partial charge is 0.481 e. The molecular weight excluding hydrogens is 242 g/mol. The highest BCUT2D eigenvalue weighted by molar-refractivity contribution is 5.78. The van der Waals surface area contributed by atoms with E-state index >= 15 is 0 Å². The van der Waals surface area contributed by atoms with Crippen LogP contribution in [0.5, 0.6) is 0 Å². The predicted molar refractivity (Wildman–Crippen MR) is 74.9 cm³/mol. The summed E-state index contributed by atoms with van der Waals surface area (Å²) in [7, 11) is 1.79. The summed E-state index contributed by atoms with van der Waals surface area (Å²) in [6.45, 7) is 4.14. The number of aliphatic carboxylic acids is 1.